The highest BCUT2D eigenvalue weighted by Crippen LogP contribution is 2.21. The fraction of sp³-hybridized carbons (Fsp3) is 0.167. The van der Waals surface area contributed by atoms with Crippen molar-refractivity contribution in [1.29, 1.82) is 0 Å². The molecule has 0 radical (unpaired) electrons. The number of carbonyl (C=O) groups excluding carboxylic acids is 1. The van der Waals surface area contributed by atoms with Crippen molar-refractivity contribution in [2.45, 2.75) is 12.7 Å². The summed E-state index contributed by atoms with van der Waals surface area (Å²) in [5, 5.41) is 0.0689. The van der Waals surface area contributed by atoms with Crippen molar-refractivity contribution in [2.75, 3.05) is 0 Å². The molecular weight excluding hydrogens is 222 g/mol. The second-order valence-electron chi connectivity index (χ2n) is 3.26. The Labute approximate surface area is 97.9 Å². The van der Waals surface area contributed by atoms with Gasteiger partial charge in [0.1, 0.15) is 0 Å². The highest BCUT2D eigenvalue weighted by Gasteiger charge is 2.06. The maximum absolute atomic E-state index is 10.8. The number of nitrogens with zero attached hydrogens (tertiary/aromatic N) is 1. The van der Waals surface area contributed by atoms with E-state index >= 15 is 0 Å². The molecule has 2 aromatic rings. The number of hydrogen-bond acceptors (Lipinski definition) is 4. The lowest BCUT2D eigenvalue weighted by molar-refractivity contribution is -0.109. The molecule has 0 fully saturated rings. The van der Waals surface area contributed by atoms with Crippen LogP contribution < -0.4 is 0 Å². The molecule has 2 rings (SSSR count). The van der Waals surface area contributed by atoms with Crippen LogP contribution in [0.3, 0.4) is 0 Å². The Bertz CT molecular complexity index is 479. The second-order valence-corrected chi connectivity index (χ2v) is 4.42. The standard InChI is InChI=1S/C12H11NO2S/c1-9(14)16-8-12-13-7-11(15-12)10-5-3-2-4-6-10/h2-7H,8H2,1H3. The van der Waals surface area contributed by atoms with E-state index in [0.717, 1.165) is 11.3 Å². The first kappa shape index (κ1) is 11.0. The molecule has 0 bridgehead atoms. The Morgan fingerprint density at radius 3 is 2.81 bits per heavy atom. The minimum Gasteiger partial charge on any atom is -0.440 e. The Morgan fingerprint density at radius 1 is 1.38 bits per heavy atom. The van der Waals surface area contributed by atoms with Crippen molar-refractivity contribution in [3.63, 3.8) is 0 Å². The molecule has 0 unspecified atom stereocenters. The first-order chi connectivity index (χ1) is 7.75. The van der Waals surface area contributed by atoms with Crippen molar-refractivity contribution < 1.29 is 9.21 Å². The van der Waals surface area contributed by atoms with Gasteiger partial charge in [0.25, 0.3) is 0 Å². The zero-order chi connectivity index (χ0) is 11.4. The van der Waals surface area contributed by atoms with Crippen LogP contribution in [-0.4, -0.2) is 10.1 Å². The van der Waals surface area contributed by atoms with Crippen LogP contribution in [0.25, 0.3) is 11.3 Å². The molecule has 3 nitrogen and oxygen atoms in total. The third-order valence-electron chi connectivity index (χ3n) is 2.01. The molecule has 0 aliphatic heterocycles. The number of carbonyl (C=O) groups is 1. The van der Waals surface area contributed by atoms with Gasteiger partial charge in [0, 0.05) is 12.5 Å². The zero-order valence-corrected chi connectivity index (χ0v) is 9.66. The van der Waals surface area contributed by atoms with Gasteiger partial charge in [0.2, 0.25) is 5.89 Å². The van der Waals surface area contributed by atoms with Gasteiger partial charge < -0.3 is 4.42 Å². The summed E-state index contributed by atoms with van der Waals surface area (Å²) in [6.45, 7) is 1.53. The number of rotatable bonds is 3. The largest absolute Gasteiger partial charge is 0.440 e. The van der Waals surface area contributed by atoms with E-state index in [1.54, 1.807) is 6.20 Å². The van der Waals surface area contributed by atoms with Crippen LogP contribution in [0.15, 0.2) is 40.9 Å². The predicted octanol–water partition coefficient (Wildman–Crippen LogP) is 3.12. The van der Waals surface area contributed by atoms with Crippen molar-refractivity contribution in [2.24, 2.45) is 0 Å². The van der Waals surface area contributed by atoms with E-state index in [0.29, 0.717) is 11.6 Å². The smallest absolute Gasteiger partial charge is 0.205 e. The number of thioether (sulfide) groups is 1. The monoisotopic (exact) mass is 233 g/mol. The minimum absolute atomic E-state index is 0.0689. The normalized spacial score (nSPS) is 10.3. The Morgan fingerprint density at radius 2 is 2.12 bits per heavy atom. The van der Waals surface area contributed by atoms with Crippen LogP contribution >= 0.6 is 11.8 Å². The number of aromatic nitrogens is 1. The molecule has 0 amide bonds. The number of benzene rings is 1. The van der Waals surface area contributed by atoms with Crippen LogP contribution in [0, 0.1) is 0 Å². The van der Waals surface area contributed by atoms with E-state index in [-0.39, 0.29) is 5.12 Å². The summed E-state index contributed by atoms with van der Waals surface area (Å²) >= 11 is 1.20. The summed E-state index contributed by atoms with van der Waals surface area (Å²) in [5.74, 6) is 1.81. The first-order valence-corrected chi connectivity index (χ1v) is 5.88. The van der Waals surface area contributed by atoms with Crippen LogP contribution in [0.2, 0.25) is 0 Å². The molecule has 1 aromatic heterocycles. The summed E-state index contributed by atoms with van der Waals surface area (Å²) < 4.78 is 5.54. The van der Waals surface area contributed by atoms with E-state index in [9.17, 15) is 4.79 Å². The van der Waals surface area contributed by atoms with Gasteiger partial charge in [-0.05, 0) is 0 Å². The van der Waals surface area contributed by atoms with Gasteiger partial charge in [-0.2, -0.15) is 0 Å². The van der Waals surface area contributed by atoms with Gasteiger partial charge in [-0.1, -0.05) is 42.1 Å². The van der Waals surface area contributed by atoms with E-state index in [2.05, 4.69) is 4.98 Å². The molecular formula is C12H11NO2S. The minimum atomic E-state index is 0.0689. The van der Waals surface area contributed by atoms with E-state index in [1.807, 2.05) is 30.3 Å². The highest BCUT2D eigenvalue weighted by molar-refractivity contribution is 8.12. The molecule has 0 atom stereocenters. The van der Waals surface area contributed by atoms with Gasteiger partial charge in [0.05, 0.1) is 11.9 Å². The molecule has 0 N–H and O–H groups in total. The molecule has 4 heteroatoms. The van der Waals surface area contributed by atoms with Crippen molar-refractivity contribution in [3.05, 3.63) is 42.4 Å². The van der Waals surface area contributed by atoms with Crippen LogP contribution in [-0.2, 0) is 10.5 Å². The van der Waals surface area contributed by atoms with Crippen LogP contribution in [0.5, 0.6) is 0 Å². The summed E-state index contributed by atoms with van der Waals surface area (Å²) in [6.07, 6.45) is 1.69. The van der Waals surface area contributed by atoms with Gasteiger partial charge in [-0.3, -0.25) is 4.79 Å². The lowest BCUT2D eigenvalue weighted by atomic mass is 10.2. The van der Waals surface area contributed by atoms with Gasteiger partial charge >= 0.3 is 0 Å². The zero-order valence-electron chi connectivity index (χ0n) is 8.84. The SMILES string of the molecule is CC(=O)SCc1ncc(-c2ccccc2)o1. The molecule has 0 saturated carbocycles. The van der Waals surface area contributed by atoms with Gasteiger partial charge in [-0.15, -0.1) is 0 Å². The Kier molecular flexibility index (Phi) is 3.41. The maximum atomic E-state index is 10.8. The van der Waals surface area contributed by atoms with Gasteiger partial charge in [0.15, 0.2) is 10.9 Å². The molecule has 16 heavy (non-hydrogen) atoms. The molecule has 0 spiro atoms. The van der Waals surface area contributed by atoms with E-state index in [1.165, 1.54) is 18.7 Å². The van der Waals surface area contributed by atoms with Crippen molar-refractivity contribution in [1.82, 2.24) is 4.98 Å². The average Bonchev–Trinajstić information content (AvgIpc) is 2.76. The Balaban J connectivity index is 2.11. The lowest BCUT2D eigenvalue weighted by Gasteiger charge is -1.94. The number of hydrogen-bond donors (Lipinski definition) is 0. The number of oxazole rings is 1. The third kappa shape index (κ3) is 2.73. The molecule has 0 aliphatic carbocycles. The molecule has 1 aromatic carbocycles. The average molecular weight is 233 g/mol. The second kappa shape index (κ2) is 4.99. The van der Waals surface area contributed by atoms with Gasteiger partial charge in [-0.25, -0.2) is 4.98 Å². The quantitative estimate of drug-likeness (QED) is 0.817. The van der Waals surface area contributed by atoms with Crippen molar-refractivity contribution in [3.8, 4) is 11.3 Å². The summed E-state index contributed by atoms with van der Waals surface area (Å²) in [4.78, 5) is 14.9. The first-order valence-electron chi connectivity index (χ1n) is 4.89. The molecule has 1 heterocycles. The highest BCUT2D eigenvalue weighted by atomic mass is 32.2. The maximum Gasteiger partial charge on any atom is 0.205 e. The summed E-state index contributed by atoms with van der Waals surface area (Å²) in [5.41, 5.74) is 0.995. The lowest BCUT2D eigenvalue weighted by Crippen LogP contribution is -1.84. The van der Waals surface area contributed by atoms with Crippen LogP contribution in [0.4, 0.5) is 0 Å². The summed E-state index contributed by atoms with van der Waals surface area (Å²) in [6, 6.07) is 9.76. The summed E-state index contributed by atoms with van der Waals surface area (Å²) in [7, 11) is 0. The molecule has 0 aliphatic rings. The topological polar surface area (TPSA) is 43.1 Å². The fourth-order valence-corrected chi connectivity index (χ4v) is 1.74. The third-order valence-corrected chi connectivity index (χ3v) is 2.81. The molecule has 82 valence electrons. The predicted molar refractivity (Wildman–Crippen MR) is 63.9 cm³/mol. The molecule has 0 saturated heterocycles. The van der Waals surface area contributed by atoms with Crippen molar-refractivity contribution >= 4 is 16.9 Å². The van der Waals surface area contributed by atoms with E-state index in [4.69, 9.17) is 4.42 Å². The van der Waals surface area contributed by atoms with Crippen LogP contribution in [0.1, 0.15) is 12.8 Å². The van der Waals surface area contributed by atoms with E-state index < -0.39 is 0 Å². The fourth-order valence-electron chi connectivity index (χ4n) is 1.28. The Hall–Kier alpha value is -1.55.